The monoisotopic (exact) mass is 244 g/mol. The zero-order valence-corrected chi connectivity index (χ0v) is 11.2. The second-order valence-electron chi connectivity index (χ2n) is 4.68. The number of likely N-dealkylation sites (N-methyl/N-ethyl adjacent to an activating group) is 1. The van der Waals surface area contributed by atoms with Crippen molar-refractivity contribution in [3.05, 3.63) is 47.8 Å². The molecule has 1 N–H and O–H groups in total. The molecule has 2 unspecified atom stereocenters. The molecule has 96 valence electrons. The number of nitrogens with zero attached hydrogens (tertiary/aromatic N) is 3. The van der Waals surface area contributed by atoms with Crippen molar-refractivity contribution in [3.8, 4) is 0 Å². The summed E-state index contributed by atoms with van der Waals surface area (Å²) in [5.41, 5.74) is 2.38. The lowest BCUT2D eigenvalue weighted by molar-refractivity contribution is 0.478. The lowest BCUT2D eigenvalue weighted by Gasteiger charge is -2.23. The van der Waals surface area contributed by atoms with E-state index in [1.807, 2.05) is 26.4 Å². The van der Waals surface area contributed by atoms with Gasteiger partial charge >= 0.3 is 0 Å². The van der Waals surface area contributed by atoms with Crippen molar-refractivity contribution in [1.29, 1.82) is 0 Å². The lowest BCUT2D eigenvalue weighted by atomic mass is 9.90. The first-order chi connectivity index (χ1) is 8.70. The van der Waals surface area contributed by atoms with Crippen LogP contribution in [0.25, 0.3) is 0 Å². The zero-order valence-electron chi connectivity index (χ0n) is 11.2. The molecule has 1 heterocycles. The molecule has 0 aliphatic heterocycles. The fourth-order valence-electron chi connectivity index (χ4n) is 2.23. The summed E-state index contributed by atoms with van der Waals surface area (Å²) in [7, 11) is 3.89. The smallest absolute Gasteiger partial charge is 0.0842 e. The van der Waals surface area contributed by atoms with Gasteiger partial charge in [-0.05, 0) is 18.5 Å². The highest BCUT2D eigenvalue weighted by atomic mass is 15.4. The van der Waals surface area contributed by atoms with Gasteiger partial charge in [-0.2, -0.15) is 0 Å². The van der Waals surface area contributed by atoms with Gasteiger partial charge < -0.3 is 5.32 Å². The molecule has 0 saturated carbocycles. The van der Waals surface area contributed by atoms with E-state index in [9.17, 15) is 0 Å². The van der Waals surface area contributed by atoms with Gasteiger partial charge in [0.25, 0.3) is 0 Å². The minimum atomic E-state index is 0.365. The number of hydrogen-bond acceptors (Lipinski definition) is 3. The predicted molar refractivity (Wildman–Crippen MR) is 72.4 cm³/mol. The molecule has 0 aliphatic carbocycles. The standard InChI is InChI=1S/C14H20N4/c1-11(12-7-5-4-6-8-12)14(15-2)9-13-10-18(3)17-16-13/h4-8,10-11,14-15H,9H2,1-3H3. The molecular weight excluding hydrogens is 224 g/mol. The number of rotatable bonds is 5. The summed E-state index contributed by atoms with van der Waals surface area (Å²) in [5.74, 6) is 0.443. The second kappa shape index (κ2) is 5.78. The van der Waals surface area contributed by atoms with E-state index in [4.69, 9.17) is 0 Å². The van der Waals surface area contributed by atoms with Crippen molar-refractivity contribution >= 4 is 0 Å². The van der Waals surface area contributed by atoms with Crippen LogP contribution in [0.5, 0.6) is 0 Å². The van der Waals surface area contributed by atoms with Crippen molar-refractivity contribution in [2.24, 2.45) is 7.05 Å². The summed E-state index contributed by atoms with van der Waals surface area (Å²) in [5, 5.41) is 11.5. The lowest BCUT2D eigenvalue weighted by Crippen LogP contribution is -2.33. The van der Waals surface area contributed by atoms with E-state index in [0.717, 1.165) is 12.1 Å². The summed E-state index contributed by atoms with van der Waals surface area (Å²) in [6.07, 6.45) is 2.86. The van der Waals surface area contributed by atoms with Crippen LogP contribution in [0.15, 0.2) is 36.5 Å². The summed E-state index contributed by atoms with van der Waals surface area (Å²) < 4.78 is 1.75. The maximum atomic E-state index is 4.15. The highest BCUT2D eigenvalue weighted by molar-refractivity contribution is 5.21. The molecule has 0 saturated heterocycles. The van der Waals surface area contributed by atoms with Crippen molar-refractivity contribution < 1.29 is 0 Å². The average molecular weight is 244 g/mol. The molecule has 0 amide bonds. The van der Waals surface area contributed by atoms with Crippen LogP contribution >= 0.6 is 0 Å². The molecule has 0 bridgehead atoms. The van der Waals surface area contributed by atoms with Gasteiger partial charge in [0, 0.05) is 25.7 Å². The SMILES string of the molecule is CNC(Cc1cn(C)nn1)C(C)c1ccccc1. The van der Waals surface area contributed by atoms with Gasteiger partial charge in [0.05, 0.1) is 5.69 Å². The summed E-state index contributed by atoms with van der Waals surface area (Å²) in [4.78, 5) is 0. The quantitative estimate of drug-likeness (QED) is 0.871. The van der Waals surface area contributed by atoms with Gasteiger partial charge in [0.15, 0.2) is 0 Å². The molecule has 2 aromatic rings. The predicted octanol–water partition coefficient (Wildman–Crippen LogP) is 1.75. The average Bonchev–Trinajstić information content (AvgIpc) is 2.82. The minimum absolute atomic E-state index is 0.365. The Morgan fingerprint density at radius 2 is 2.00 bits per heavy atom. The highest BCUT2D eigenvalue weighted by Gasteiger charge is 2.18. The van der Waals surface area contributed by atoms with Crippen LogP contribution in [0.4, 0.5) is 0 Å². The maximum Gasteiger partial charge on any atom is 0.0842 e. The Morgan fingerprint density at radius 3 is 2.56 bits per heavy atom. The van der Waals surface area contributed by atoms with Crippen LogP contribution in [0.2, 0.25) is 0 Å². The Labute approximate surface area is 108 Å². The second-order valence-corrected chi connectivity index (χ2v) is 4.68. The van der Waals surface area contributed by atoms with Gasteiger partial charge in [-0.3, -0.25) is 4.68 Å². The molecule has 0 fully saturated rings. The molecule has 0 radical (unpaired) electrons. The number of nitrogens with one attached hydrogen (secondary N) is 1. The Bertz CT molecular complexity index is 478. The Morgan fingerprint density at radius 1 is 1.28 bits per heavy atom. The van der Waals surface area contributed by atoms with Gasteiger partial charge in [-0.15, -0.1) is 5.10 Å². The van der Waals surface area contributed by atoms with Gasteiger partial charge in [0.2, 0.25) is 0 Å². The summed E-state index contributed by atoms with van der Waals surface area (Å²) >= 11 is 0. The zero-order chi connectivity index (χ0) is 13.0. The van der Waals surface area contributed by atoms with Gasteiger partial charge in [-0.1, -0.05) is 42.5 Å². The first kappa shape index (κ1) is 12.8. The molecule has 18 heavy (non-hydrogen) atoms. The number of aryl methyl sites for hydroxylation is 1. The third-order valence-electron chi connectivity index (χ3n) is 3.38. The maximum absolute atomic E-state index is 4.15. The molecular formula is C14H20N4. The molecule has 1 aromatic heterocycles. The Hall–Kier alpha value is -1.68. The van der Waals surface area contributed by atoms with Crippen molar-refractivity contribution in [1.82, 2.24) is 20.3 Å². The normalized spacial score (nSPS) is 14.4. The Balaban J connectivity index is 2.09. The van der Waals surface area contributed by atoms with E-state index in [-0.39, 0.29) is 0 Å². The number of aromatic nitrogens is 3. The highest BCUT2D eigenvalue weighted by Crippen LogP contribution is 2.20. The first-order valence-corrected chi connectivity index (χ1v) is 6.28. The van der Waals surface area contributed by atoms with Crippen LogP contribution in [0, 0.1) is 0 Å². The summed E-state index contributed by atoms with van der Waals surface area (Å²) in [6.45, 7) is 2.24. The van der Waals surface area contributed by atoms with Gasteiger partial charge in [-0.25, -0.2) is 0 Å². The van der Waals surface area contributed by atoms with Crippen molar-refractivity contribution in [2.45, 2.75) is 25.3 Å². The molecule has 2 atom stereocenters. The topological polar surface area (TPSA) is 42.7 Å². The fourth-order valence-corrected chi connectivity index (χ4v) is 2.23. The van der Waals surface area contributed by atoms with E-state index < -0.39 is 0 Å². The van der Waals surface area contributed by atoms with Crippen LogP contribution in [-0.2, 0) is 13.5 Å². The summed E-state index contributed by atoms with van der Waals surface area (Å²) in [6, 6.07) is 10.9. The Kier molecular flexibility index (Phi) is 4.10. The molecule has 2 rings (SSSR count). The van der Waals surface area contributed by atoms with Crippen LogP contribution in [-0.4, -0.2) is 28.1 Å². The molecule has 4 nitrogen and oxygen atoms in total. The van der Waals surface area contributed by atoms with Crippen LogP contribution in [0.1, 0.15) is 24.1 Å². The van der Waals surface area contributed by atoms with E-state index in [2.05, 4.69) is 46.8 Å². The molecule has 0 aliphatic rings. The molecule has 1 aromatic carbocycles. The number of hydrogen-bond donors (Lipinski definition) is 1. The number of benzene rings is 1. The van der Waals surface area contributed by atoms with E-state index in [0.29, 0.717) is 12.0 Å². The van der Waals surface area contributed by atoms with Gasteiger partial charge in [0.1, 0.15) is 0 Å². The van der Waals surface area contributed by atoms with Crippen molar-refractivity contribution in [2.75, 3.05) is 7.05 Å². The van der Waals surface area contributed by atoms with E-state index >= 15 is 0 Å². The third kappa shape index (κ3) is 2.96. The largest absolute Gasteiger partial charge is 0.316 e. The molecule has 0 spiro atoms. The van der Waals surface area contributed by atoms with E-state index in [1.54, 1.807) is 4.68 Å². The van der Waals surface area contributed by atoms with Crippen LogP contribution < -0.4 is 5.32 Å². The van der Waals surface area contributed by atoms with Crippen molar-refractivity contribution in [3.63, 3.8) is 0 Å². The first-order valence-electron chi connectivity index (χ1n) is 6.28. The van der Waals surface area contributed by atoms with Crippen LogP contribution in [0.3, 0.4) is 0 Å². The van der Waals surface area contributed by atoms with E-state index in [1.165, 1.54) is 5.56 Å². The minimum Gasteiger partial charge on any atom is -0.316 e. The third-order valence-corrected chi connectivity index (χ3v) is 3.38. The fraction of sp³-hybridized carbons (Fsp3) is 0.429. The molecule has 4 heteroatoms.